The monoisotopic (exact) mass is 336 g/mol. The molecule has 5 nitrogen and oxygen atoms in total. The van der Waals surface area contributed by atoms with E-state index in [0.717, 1.165) is 28.3 Å². The Kier molecular flexibility index (Phi) is 5.04. The van der Waals surface area contributed by atoms with Crippen LogP contribution in [0.5, 0.6) is 17.2 Å². The summed E-state index contributed by atoms with van der Waals surface area (Å²) in [6, 6.07) is 15.2. The molecule has 3 aromatic rings. The van der Waals surface area contributed by atoms with Gasteiger partial charge in [0.05, 0.1) is 25.6 Å². The van der Waals surface area contributed by atoms with Crippen molar-refractivity contribution in [3.8, 4) is 28.5 Å². The van der Waals surface area contributed by atoms with Crippen LogP contribution in [0.3, 0.4) is 0 Å². The number of phenols is 1. The van der Waals surface area contributed by atoms with Crippen molar-refractivity contribution in [2.75, 3.05) is 14.2 Å². The largest absolute Gasteiger partial charge is 0.504 e. The minimum atomic E-state index is 0.150. The molecule has 1 heterocycles. The Bertz CT molecular complexity index is 867. The van der Waals surface area contributed by atoms with Crippen molar-refractivity contribution < 1.29 is 14.6 Å². The normalized spacial score (nSPS) is 11.0. The van der Waals surface area contributed by atoms with Crippen LogP contribution >= 0.6 is 0 Å². The van der Waals surface area contributed by atoms with Crippen LogP contribution in [0.4, 0.5) is 0 Å². The van der Waals surface area contributed by atoms with Gasteiger partial charge >= 0.3 is 0 Å². The Morgan fingerprint density at radius 3 is 2.52 bits per heavy atom. The number of aromatic nitrogens is 2. The lowest BCUT2D eigenvalue weighted by atomic mass is 10.1. The first-order valence-electron chi connectivity index (χ1n) is 7.92. The summed E-state index contributed by atoms with van der Waals surface area (Å²) in [4.78, 5) is 0. The topological polar surface area (TPSA) is 67.4 Å². The zero-order valence-electron chi connectivity index (χ0n) is 14.2. The van der Waals surface area contributed by atoms with E-state index in [2.05, 4.69) is 10.2 Å². The molecule has 128 valence electrons. The molecule has 5 heteroatoms. The maximum absolute atomic E-state index is 9.80. The van der Waals surface area contributed by atoms with E-state index in [-0.39, 0.29) is 5.75 Å². The van der Waals surface area contributed by atoms with E-state index in [9.17, 15) is 5.11 Å². The molecule has 0 unspecified atom stereocenters. The number of aromatic amines is 1. The quantitative estimate of drug-likeness (QED) is 0.712. The van der Waals surface area contributed by atoms with E-state index in [1.54, 1.807) is 19.2 Å². The lowest BCUT2D eigenvalue weighted by Crippen LogP contribution is -1.86. The van der Waals surface area contributed by atoms with Crippen molar-refractivity contribution in [1.82, 2.24) is 10.2 Å². The van der Waals surface area contributed by atoms with Crippen molar-refractivity contribution in [2.24, 2.45) is 0 Å². The van der Waals surface area contributed by atoms with Crippen LogP contribution in [-0.4, -0.2) is 29.5 Å². The molecule has 2 N–H and O–H groups in total. The molecule has 0 amide bonds. The number of H-pyrrole nitrogens is 1. The standard InChI is InChI=1S/C20H20N2O3/c1-24-17-9-7-15(8-10-17)18-13-16(21-22-18)5-3-4-14-6-11-20(25-2)19(23)12-14/h3,5-13,23H,4H2,1-2H3,(H,21,22). The maximum atomic E-state index is 9.80. The number of hydrogen-bond donors (Lipinski definition) is 2. The van der Waals surface area contributed by atoms with E-state index < -0.39 is 0 Å². The summed E-state index contributed by atoms with van der Waals surface area (Å²) in [5.41, 5.74) is 3.83. The number of hydrogen-bond acceptors (Lipinski definition) is 4. The number of benzene rings is 2. The van der Waals surface area contributed by atoms with Gasteiger partial charge in [0.15, 0.2) is 11.5 Å². The SMILES string of the molecule is COc1ccc(-c2cc(C=CCc3ccc(OC)c(O)c3)[nH]n2)cc1. The molecule has 1 aromatic heterocycles. The third-order valence-corrected chi connectivity index (χ3v) is 3.88. The molecule has 0 saturated heterocycles. The van der Waals surface area contributed by atoms with Crippen molar-refractivity contribution in [3.05, 3.63) is 65.9 Å². The number of aromatic hydroxyl groups is 1. The van der Waals surface area contributed by atoms with Gasteiger partial charge in [-0.15, -0.1) is 0 Å². The number of allylic oxidation sites excluding steroid dienone is 1. The number of methoxy groups -OCH3 is 2. The molecule has 0 aliphatic carbocycles. The van der Waals surface area contributed by atoms with Crippen molar-refractivity contribution in [3.63, 3.8) is 0 Å². The fourth-order valence-electron chi connectivity index (χ4n) is 2.52. The molecule has 0 atom stereocenters. The minimum Gasteiger partial charge on any atom is -0.504 e. The van der Waals surface area contributed by atoms with Gasteiger partial charge in [-0.25, -0.2) is 0 Å². The van der Waals surface area contributed by atoms with Crippen LogP contribution < -0.4 is 9.47 Å². The zero-order chi connectivity index (χ0) is 17.6. The molecule has 25 heavy (non-hydrogen) atoms. The van der Waals surface area contributed by atoms with Crippen LogP contribution in [0.2, 0.25) is 0 Å². The average Bonchev–Trinajstić information content (AvgIpc) is 3.11. The van der Waals surface area contributed by atoms with E-state index in [0.29, 0.717) is 12.2 Å². The van der Waals surface area contributed by atoms with E-state index in [4.69, 9.17) is 9.47 Å². The smallest absolute Gasteiger partial charge is 0.160 e. The summed E-state index contributed by atoms with van der Waals surface area (Å²) >= 11 is 0. The third-order valence-electron chi connectivity index (χ3n) is 3.88. The van der Waals surface area contributed by atoms with E-state index in [1.165, 1.54) is 7.11 Å². The highest BCUT2D eigenvalue weighted by atomic mass is 16.5. The molecular weight excluding hydrogens is 316 g/mol. The van der Waals surface area contributed by atoms with Crippen LogP contribution in [0.1, 0.15) is 11.3 Å². The van der Waals surface area contributed by atoms with Gasteiger partial charge in [0.1, 0.15) is 5.75 Å². The molecule has 3 rings (SSSR count). The Morgan fingerprint density at radius 1 is 1.04 bits per heavy atom. The number of nitrogens with zero attached hydrogens (tertiary/aromatic N) is 1. The minimum absolute atomic E-state index is 0.150. The second kappa shape index (κ2) is 7.57. The van der Waals surface area contributed by atoms with E-state index in [1.807, 2.05) is 48.6 Å². The fraction of sp³-hybridized carbons (Fsp3) is 0.150. The molecule has 0 fully saturated rings. The van der Waals surface area contributed by atoms with Gasteiger partial charge in [0.25, 0.3) is 0 Å². The van der Waals surface area contributed by atoms with Crippen LogP contribution in [0, 0.1) is 0 Å². The molecule has 0 aliphatic rings. The molecule has 2 aromatic carbocycles. The Morgan fingerprint density at radius 2 is 1.84 bits per heavy atom. The summed E-state index contributed by atoms with van der Waals surface area (Å²) in [7, 11) is 3.18. The maximum Gasteiger partial charge on any atom is 0.160 e. The highest BCUT2D eigenvalue weighted by molar-refractivity contribution is 5.63. The summed E-state index contributed by atoms with van der Waals surface area (Å²) in [6.07, 6.45) is 4.70. The molecule has 0 spiro atoms. The Balaban J connectivity index is 1.66. The van der Waals surface area contributed by atoms with Gasteiger partial charge in [-0.05, 0) is 60.5 Å². The van der Waals surface area contributed by atoms with Gasteiger partial charge in [-0.3, -0.25) is 5.10 Å². The van der Waals surface area contributed by atoms with Crippen molar-refractivity contribution in [1.29, 1.82) is 0 Å². The predicted octanol–water partition coefficient (Wildman–Crippen LogP) is 4.06. The van der Waals surface area contributed by atoms with Crippen LogP contribution in [0.15, 0.2) is 54.6 Å². The Labute approximate surface area is 146 Å². The third kappa shape index (κ3) is 4.01. The molecule has 0 saturated carbocycles. The summed E-state index contributed by atoms with van der Waals surface area (Å²) in [5.74, 6) is 1.45. The number of rotatable bonds is 6. The first-order chi connectivity index (χ1) is 12.2. The highest BCUT2D eigenvalue weighted by Gasteiger charge is 2.03. The van der Waals surface area contributed by atoms with Crippen molar-refractivity contribution in [2.45, 2.75) is 6.42 Å². The first kappa shape index (κ1) is 16.6. The van der Waals surface area contributed by atoms with Crippen molar-refractivity contribution >= 4 is 6.08 Å². The number of nitrogens with one attached hydrogen (secondary N) is 1. The highest BCUT2D eigenvalue weighted by Crippen LogP contribution is 2.26. The first-order valence-corrected chi connectivity index (χ1v) is 7.92. The summed E-state index contributed by atoms with van der Waals surface area (Å²) in [5, 5.41) is 17.1. The average molecular weight is 336 g/mol. The lowest BCUT2D eigenvalue weighted by Gasteiger charge is -2.04. The molecule has 0 radical (unpaired) electrons. The van der Waals surface area contributed by atoms with Gasteiger partial charge in [-0.2, -0.15) is 5.10 Å². The summed E-state index contributed by atoms with van der Waals surface area (Å²) < 4.78 is 10.2. The van der Waals surface area contributed by atoms with Gasteiger partial charge in [-0.1, -0.05) is 12.1 Å². The second-order valence-corrected chi connectivity index (χ2v) is 5.55. The lowest BCUT2D eigenvalue weighted by molar-refractivity contribution is 0.373. The number of ether oxygens (including phenoxy) is 2. The van der Waals surface area contributed by atoms with E-state index >= 15 is 0 Å². The fourth-order valence-corrected chi connectivity index (χ4v) is 2.52. The van der Waals surface area contributed by atoms with Crippen LogP contribution in [-0.2, 0) is 6.42 Å². The summed E-state index contributed by atoms with van der Waals surface area (Å²) in [6.45, 7) is 0. The second-order valence-electron chi connectivity index (χ2n) is 5.55. The Hall–Kier alpha value is -3.21. The molecule has 0 aliphatic heterocycles. The molecule has 0 bridgehead atoms. The zero-order valence-corrected chi connectivity index (χ0v) is 14.2. The van der Waals surface area contributed by atoms with Gasteiger partial charge in [0, 0.05) is 5.56 Å². The van der Waals surface area contributed by atoms with Gasteiger partial charge in [0.2, 0.25) is 0 Å². The molecular formula is C20H20N2O3. The van der Waals surface area contributed by atoms with Gasteiger partial charge < -0.3 is 14.6 Å². The number of phenolic OH excluding ortho intramolecular Hbond substituents is 1. The predicted molar refractivity (Wildman–Crippen MR) is 98.0 cm³/mol. The van der Waals surface area contributed by atoms with Crippen LogP contribution in [0.25, 0.3) is 17.3 Å².